The number of esters is 1. The molecule has 0 radical (unpaired) electrons. The smallest absolute Gasteiger partial charge is 0.328 e. The van der Waals surface area contributed by atoms with Crippen molar-refractivity contribution in [3.05, 3.63) is 28.0 Å². The van der Waals surface area contributed by atoms with Crippen molar-refractivity contribution in [2.45, 2.75) is 25.3 Å². The van der Waals surface area contributed by atoms with E-state index in [4.69, 9.17) is 15.9 Å². The predicted octanol–water partition coefficient (Wildman–Crippen LogP) is -1.68. The number of nitrogens with zero attached hydrogens (tertiary/aromatic N) is 3. The minimum atomic E-state index is -0.943. The molecular formula is C13H21N7O6. The molecule has 0 bridgehead atoms. The molecular weight excluding hydrogens is 350 g/mol. The van der Waals surface area contributed by atoms with E-state index in [1.807, 2.05) is 0 Å². The first-order valence-corrected chi connectivity index (χ1v) is 7.61. The van der Waals surface area contributed by atoms with Crippen molar-refractivity contribution in [1.82, 2.24) is 15.7 Å². The van der Waals surface area contributed by atoms with Crippen LogP contribution in [-0.4, -0.2) is 54.1 Å². The number of ether oxygens (including phenoxy) is 1. The van der Waals surface area contributed by atoms with Gasteiger partial charge in [-0.3, -0.25) is 4.79 Å². The quantitative estimate of drug-likeness (QED) is 0.0919. The van der Waals surface area contributed by atoms with Crippen LogP contribution in [0.2, 0.25) is 0 Å². The number of hydrazine groups is 1. The summed E-state index contributed by atoms with van der Waals surface area (Å²) in [4.78, 5) is 41.8. The van der Waals surface area contributed by atoms with Crippen molar-refractivity contribution in [2.24, 2.45) is 16.5 Å². The third kappa shape index (κ3) is 7.12. The largest absolute Gasteiger partial charge is 0.467 e. The Balaban J connectivity index is 2.59. The molecule has 1 heterocycles. The summed E-state index contributed by atoms with van der Waals surface area (Å²) in [6.45, 7) is 0.432. The SMILES string of the molecule is COC(=O)C(CCCN=C(N)N[N+](=O)[O-])NC(=O)c1coc(CCN)n1. The van der Waals surface area contributed by atoms with Crippen molar-refractivity contribution >= 4 is 17.8 Å². The van der Waals surface area contributed by atoms with Crippen LogP contribution in [0.3, 0.4) is 0 Å². The minimum absolute atomic E-state index is 0.0137. The van der Waals surface area contributed by atoms with Crippen LogP contribution in [0.1, 0.15) is 29.2 Å². The number of hydrogen-bond donors (Lipinski definition) is 4. The molecule has 0 saturated carbocycles. The van der Waals surface area contributed by atoms with Gasteiger partial charge in [0.2, 0.25) is 0 Å². The van der Waals surface area contributed by atoms with E-state index in [0.29, 0.717) is 25.3 Å². The molecule has 0 aliphatic heterocycles. The zero-order chi connectivity index (χ0) is 19.5. The summed E-state index contributed by atoms with van der Waals surface area (Å²) in [6.07, 6.45) is 2.05. The van der Waals surface area contributed by atoms with Gasteiger partial charge in [-0.05, 0) is 12.8 Å². The molecule has 1 aromatic rings. The van der Waals surface area contributed by atoms with Gasteiger partial charge in [0.05, 0.1) is 7.11 Å². The Bertz CT molecular complexity index is 659. The second kappa shape index (κ2) is 10.6. The summed E-state index contributed by atoms with van der Waals surface area (Å²) in [5, 5.41) is 11.8. The van der Waals surface area contributed by atoms with Gasteiger partial charge in [-0.1, -0.05) is 5.43 Å². The zero-order valence-electron chi connectivity index (χ0n) is 14.1. The Morgan fingerprint density at radius 2 is 2.27 bits per heavy atom. The van der Waals surface area contributed by atoms with Gasteiger partial charge in [0.1, 0.15) is 12.3 Å². The van der Waals surface area contributed by atoms with E-state index in [1.165, 1.54) is 13.4 Å². The topological polar surface area (TPSA) is 201 Å². The molecule has 13 heteroatoms. The van der Waals surface area contributed by atoms with Crippen LogP contribution in [-0.2, 0) is 16.0 Å². The molecule has 1 unspecified atom stereocenters. The van der Waals surface area contributed by atoms with Gasteiger partial charge in [-0.25, -0.2) is 24.9 Å². The van der Waals surface area contributed by atoms with Crippen LogP contribution in [0.4, 0.5) is 0 Å². The number of aromatic nitrogens is 1. The van der Waals surface area contributed by atoms with Gasteiger partial charge in [0.25, 0.3) is 11.9 Å². The van der Waals surface area contributed by atoms with Crippen molar-refractivity contribution in [3.63, 3.8) is 0 Å². The fourth-order valence-corrected chi connectivity index (χ4v) is 1.90. The maximum atomic E-state index is 12.2. The molecule has 0 fully saturated rings. The number of nitrogens with one attached hydrogen (secondary N) is 2. The molecule has 0 aromatic carbocycles. The fourth-order valence-electron chi connectivity index (χ4n) is 1.90. The lowest BCUT2D eigenvalue weighted by molar-refractivity contribution is -0.525. The summed E-state index contributed by atoms with van der Waals surface area (Å²) in [7, 11) is 1.19. The van der Waals surface area contributed by atoms with E-state index in [9.17, 15) is 19.7 Å². The van der Waals surface area contributed by atoms with E-state index in [2.05, 4.69) is 20.0 Å². The lowest BCUT2D eigenvalue weighted by Gasteiger charge is -2.15. The lowest BCUT2D eigenvalue weighted by atomic mass is 10.1. The molecule has 0 saturated heterocycles. The van der Waals surface area contributed by atoms with Crippen molar-refractivity contribution in [3.8, 4) is 0 Å². The molecule has 26 heavy (non-hydrogen) atoms. The number of guanidine groups is 1. The number of methoxy groups -OCH3 is 1. The van der Waals surface area contributed by atoms with E-state index >= 15 is 0 Å². The predicted molar refractivity (Wildman–Crippen MR) is 88.4 cm³/mol. The fraction of sp³-hybridized carbons (Fsp3) is 0.538. The first kappa shape index (κ1) is 20.8. The standard InChI is InChI=1S/C13H21N7O6/c1-25-12(22)8(3-2-6-16-13(15)19-20(23)24)18-11(21)9-7-26-10(17-9)4-5-14/h7-8H,2-6,14H2,1H3,(H,18,21)(H3,15,16,19). The average molecular weight is 371 g/mol. The molecule has 1 aromatic heterocycles. The molecule has 0 spiro atoms. The Kier molecular flexibility index (Phi) is 8.49. The third-order valence-electron chi connectivity index (χ3n) is 3.07. The highest BCUT2D eigenvalue weighted by molar-refractivity contribution is 5.94. The van der Waals surface area contributed by atoms with Gasteiger partial charge in [-0.15, -0.1) is 0 Å². The van der Waals surface area contributed by atoms with Crippen LogP contribution in [0.5, 0.6) is 0 Å². The molecule has 6 N–H and O–H groups in total. The molecule has 1 amide bonds. The third-order valence-corrected chi connectivity index (χ3v) is 3.07. The molecule has 144 valence electrons. The van der Waals surface area contributed by atoms with Gasteiger partial charge in [-0.2, -0.15) is 0 Å². The molecule has 13 nitrogen and oxygen atoms in total. The summed E-state index contributed by atoms with van der Waals surface area (Å²) in [6, 6.07) is -0.943. The van der Waals surface area contributed by atoms with Gasteiger partial charge < -0.3 is 25.9 Å². The number of nitro groups is 1. The van der Waals surface area contributed by atoms with E-state index in [-0.39, 0.29) is 24.6 Å². The summed E-state index contributed by atoms with van der Waals surface area (Å²) < 4.78 is 9.74. The molecule has 1 rings (SSSR count). The number of hydrogen-bond acceptors (Lipinski definition) is 9. The maximum Gasteiger partial charge on any atom is 0.328 e. The lowest BCUT2D eigenvalue weighted by Crippen LogP contribution is -2.41. The molecule has 1 atom stereocenters. The highest BCUT2D eigenvalue weighted by Crippen LogP contribution is 2.06. The number of amides is 1. The van der Waals surface area contributed by atoms with Crippen LogP contribution < -0.4 is 22.2 Å². The molecule has 0 aliphatic rings. The van der Waals surface area contributed by atoms with Crippen molar-refractivity contribution in [2.75, 3.05) is 20.2 Å². The summed E-state index contributed by atoms with van der Waals surface area (Å²) in [5.41, 5.74) is 12.4. The monoisotopic (exact) mass is 371 g/mol. The number of carbonyl (C=O) groups excluding carboxylic acids is 2. The second-order valence-corrected chi connectivity index (χ2v) is 4.99. The number of rotatable bonds is 10. The second-order valence-electron chi connectivity index (χ2n) is 4.99. The Labute approximate surface area is 148 Å². The number of aliphatic imine (C=N–C) groups is 1. The van der Waals surface area contributed by atoms with E-state index in [1.54, 1.807) is 5.43 Å². The highest BCUT2D eigenvalue weighted by atomic mass is 16.7. The number of nitrogens with two attached hydrogens (primary N) is 2. The average Bonchev–Trinajstić information content (AvgIpc) is 3.05. The van der Waals surface area contributed by atoms with Crippen molar-refractivity contribution < 1.29 is 23.8 Å². The number of oxazole rings is 1. The van der Waals surface area contributed by atoms with Gasteiger partial charge in [0, 0.05) is 19.5 Å². The molecule has 0 aliphatic carbocycles. The van der Waals surface area contributed by atoms with Gasteiger partial charge >= 0.3 is 5.97 Å². The van der Waals surface area contributed by atoms with Crippen molar-refractivity contribution in [1.29, 1.82) is 0 Å². The summed E-state index contributed by atoms with van der Waals surface area (Å²) >= 11 is 0. The Hall–Kier alpha value is -3.22. The first-order valence-electron chi connectivity index (χ1n) is 7.61. The van der Waals surface area contributed by atoms with E-state index in [0.717, 1.165) is 0 Å². The normalized spacial score (nSPS) is 12.3. The van der Waals surface area contributed by atoms with Crippen LogP contribution >= 0.6 is 0 Å². The van der Waals surface area contributed by atoms with Crippen LogP contribution in [0.25, 0.3) is 0 Å². The van der Waals surface area contributed by atoms with Gasteiger partial charge in [0.15, 0.2) is 16.6 Å². The zero-order valence-corrected chi connectivity index (χ0v) is 14.1. The number of carbonyl (C=O) groups is 2. The highest BCUT2D eigenvalue weighted by Gasteiger charge is 2.23. The van der Waals surface area contributed by atoms with Crippen LogP contribution in [0, 0.1) is 10.1 Å². The first-order chi connectivity index (χ1) is 12.4. The Morgan fingerprint density at radius 1 is 1.54 bits per heavy atom. The minimum Gasteiger partial charge on any atom is -0.467 e. The van der Waals surface area contributed by atoms with E-state index < -0.39 is 23.0 Å². The Morgan fingerprint density at radius 3 is 2.88 bits per heavy atom. The van der Waals surface area contributed by atoms with Crippen LogP contribution in [0.15, 0.2) is 15.7 Å². The summed E-state index contributed by atoms with van der Waals surface area (Å²) in [5.74, 6) is -1.30. The maximum absolute atomic E-state index is 12.2.